The van der Waals surface area contributed by atoms with Gasteiger partial charge < -0.3 is 10.8 Å². The summed E-state index contributed by atoms with van der Waals surface area (Å²) in [6.07, 6.45) is 0. The molecule has 3 nitrogen and oxygen atoms in total. The maximum atomic E-state index is 11.5. The predicted octanol–water partition coefficient (Wildman–Crippen LogP) is 2.70. The number of thioether (sulfide) groups is 1. The summed E-state index contributed by atoms with van der Waals surface area (Å²) in [6, 6.07) is 9.03. The summed E-state index contributed by atoms with van der Waals surface area (Å²) < 4.78 is 0. The maximum Gasteiger partial charge on any atom is 0.329 e. The van der Waals surface area contributed by atoms with Gasteiger partial charge in [0.05, 0.1) is 0 Å². The molecule has 2 atom stereocenters. The van der Waals surface area contributed by atoms with Crippen LogP contribution in [-0.2, 0) is 10.3 Å². The van der Waals surface area contributed by atoms with E-state index in [-0.39, 0.29) is 0 Å². The van der Waals surface area contributed by atoms with E-state index in [1.54, 1.807) is 23.9 Å². The van der Waals surface area contributed by atoms with Gasteiger partial charge in [-0.15, -0.1) is 0 Å². The minimum Gasteiger partial charge on any atom is -0.480 e. The molecule has 1 aromatic rings. The monoisotopic (exact) mass is 267 g/mol. The molecule has 0 bridgehead atoms. The van der Waals surface area contributed by atoms with Crippen LogP contribution in [-0.4, -0.2) is 22.1 Å². The number of hydrogen-bond donors (Lipinski definition) is 2. The molecule has 0 saturated heterocycles. The zero-order valence-electron chi connectivity index (χ0n) is 11.1. The highest BCUT2D eigenvalue weighted by Crippen LogP contribution is 2.28. The Bertz CT molecular complexity index is 394. The first-order valence-corrected chi connectivity index (χ1v) is 7.12. The van der Waals surface area contributed by atoms with E-state index in [0.717, 1.165) is 0 Å². The van der Waals surface area contributed by atoms with Gasteiger partial charge in [-0.2, -0.15) is 11.8 Å². The van der Waals surface area contributed by atoms with E-state index in [4.69, 9.17) is 5.73 Å². The minimum absolute atomic E-state index is 0.381. The Kier molecular flexibility index (Phi) is 5.23. The lowest BCUT2D eigenvalue weighted by molar-refractivity contribution is -0.142. The first kappa shape index (κ1) is 15.1. The van der Waals surface area contributed by atoms with Crippen molar-refractivity contribution in [2.75, 3.05) is 5.75 Å². The van der Waals surface area contributed by atoms with Crippen LogP contribution in [0.2, 0.25) is 0 Å². The van der Waals surface area contributed by atoms with Gasteiger partial charge in [0.2, 0.25) is 0 Å². The summed E-state index contributed by atoms with van der Waals surface area (Å²) in [5, 5.41) is 9.78. The Hall–Kier alpha value is -1.00. The lowest BCUT2D eigenvalue weighted by Crippen LogP contribution is -2.47. The van der Waals surface area contributed by atoms with Crippen molar-refractivity contribution < 1.29 is 9.90 Å². The van der Waals surface area contributed by atoms with Crippen LogP contribution in [0.1, 0.15) is 26.3 Å². The quantitative estimate of drug-likeness (QED) is 0.832. The Morgan fingerprint density at radius 2 is 1.89 bits per heavy atom. The van der Waals surface area contributed by atoms with Crippen LogP contribution in [0.4, 0.5) is 0 Å². The maximum absolute atomic E-state index is 11.5. The minimum atomic E-state index is -1.31. The van der Waals surface area contributed by atoms with Crippen LogP contribution in [0.25, 0.3) is 0 Å². The van der Waals surface area contributed by atoms with Crippen molar-refractivity contribution in [2.45, 2.75) is 31.6 Å². The number of aliphatic carboxylic acids is 1. The van der Waals surface area contributed by atoms with Crippen LogP contribution in [0.5, 0.6) is 0 Å². The molecule has 0 radical (unpaired) electrons. The average molecular weight is 267 g/mol. The molecule has 0 fully saturated rings. The Morgan fingerprint density at radius 1 is 1.33 bits per heavy atom. The summed E-state index contributed by atoms with van der Waals surface area (Å²) in [6.45, 7) is 6.35. The van der Waals surface area contributed by atoms with Crippen molar-refractivity contribution in [1.29, 1.82) is 0 Å². The molecule has 0 aromatic heterocycles. The standard InChI is InChI=1S/C14H21NO2S/c1-10(2)11(3)18-9-14(15,13(16)17)12-7-5-4-6-8-12/h4-8,10-11H,9,15H2,1-3H3,(H,16,17). The molecule has 1 aromatic carbocycles. The number of hydrogen-bond acceptors (Lipinski definition) is 3. The highest BCUT2D eigenvalue weighted by molar-refractivity contribution is 8.00. The Balaban J connectivity index is 2.86. The summed E-state index contributed by atoms with van der Waals surface area (Å²) in [5.41, 5.74) is 5.43. The summed E-state index contributed by atoms with van der Waals surface area (Å²) in [4.78, 5) is 11.5. The SMILES string of the molecule is CC(C)C(C)SCC(N)(C(=O)O)c1ccccc1. The number of rotatable bonds is 6. The van der Waals surface area contributed by atoms with E-state index in [1.165, 1.54) is 0 Å². The zero-order valence-corrected chi connectivity index (χ0v) is 11.9. The summed E-state index contributed by atoms with van der Waals surface area (Å²) >= 11 is 1.61. The van der Waals surface area contributed by atoms with Gasteiger partial charge >= 0.3 is 5.97 Å². The van der Waals surface area contributed by atoms with Crippen LogP contribution in [0.15, 0.2) is 30.3 Å². The van der Waals surface area contributed by atoms with Crippen LogP contribution in [0, 0.1) is 5.92 Å². The first-order chi connectivity index (χ1) is 8.38. The van der Waals surface area contributed by atoms with E-state index in [1.807, 2.05) is 18.2 Å². The summed E-state index contributed by atoms with van der Waals surface area (Å²) in [7, 11) is 0. The van der Waals surface area contributed by atoms with Gasteiger partial charge in [-0.3, -0.25) is 0 Å². The average Bonchev–Trinajstić information content (AvgIpc) is 2.36. The molecular weight excluding hydrogens is 246 g/mol. The second-order valence-electron chi connectivity index (χ2n) is 4.90. The van der Waals surface area contributed by atoms with Gasteiger partial charge in [-0.05, 0) is 11.5 Å². The third-order valence-electron chi connectivity index (χ3n) is 3.18. The van der Waals surface area contributed by atoms with E-state index in [0.29, 0.717) is 22.5 Å². The van der Waals surface area contributed by atoms with E-state index in [2.05, 4.69) is 20.8 Å². The molecule has 100 valence electrons. The highest BCUT2D eigenvalue weighted by atomic mass is 32.2. The second kappa shape index (κ2) is 6.25. The van der Waals surface area contributed by atoms with Crippen molar-refractivity contribution in [2.24, 2.45) is 11.7 Å². The molecule has 0 aliphatic heterocycles. The van der Waals surface area contributed by atoms with Crippen molar-refractivity contribution >= 4 is 17.7 Å². The predicted molar refractivity (Wildman–Crippen MR) is 76.7 cm³/mol. The largest absolute Gasteiger partial charge is 0.480 e. The van der Waals surface area contributed by atoms with E-state index >= 15 is 0 Å². The zero-order chi connectivity index (χ0) is 13.8. The van der Waals surface area contributed by atoms with E-state index in [9.17, 15) is 9.90 Å². The highest BCUT2D eigenvalue weighted by Gasteiger charge is 2.36. The van der Waals surface area contributed by atoms with Crippen molar-refractivity contribution in [1.82, 2.24) is 0 Å². The van der Waals surface area contributed by atoms with Gasteiger partial charge in [0, 0.05) is 11.0 Å². The normalized spacial score (nSPS) is 16.3. The second-order valence-corrected chi connectivity index (χ2v) is 6.27. The molecule has 18 heavy (non-hydrogen) atoms. The lowest BCUT2D eigenvalue weighted by atomic mass is 9.93. The van der Waals surface area contributed by atoms with Crippen LogP contribution in [0.3, 0.4) is 0 Å². The molecule has 4 heteroatoms. The third kappa shape index (κ3) is 3.50. The van der Waals surface area contributed by atoms with Crippen molar-refractivity contribution in [3.8, 4) is 0 Å². The van der Waals surface area contributed by atoms with Crippen molar-refractivity contribution in [3.63, 3.8) is 0 Å². The fraction of sp³-hybridized carbons (Fsp3) is 0.500. The molecular formula is C14H21NO2S. The van der Waals surface area contributed by atoms with Gasteiger partial charge in [0.15, 0.2) is 0 Å². The number of carboxylic acids is 1. The molecule has 0 aliphatic rings. The number of benzene rings is 1. The molecule has 0 amide bonds. The van der Waals surface area contributed by atoms with Crippen molar-refractivity contribution in [3.05, 3.63) is 35.9 Å². The van der Waals surface area contributed by atoms with Gasteiger partial charge in [-0.25, -0.2) is 4.79 Å². The topological polar surface area (TPSA) is 63.3 Å². The lowest BCUT2D eigenvalue weighted by Gasteiger charge is -2.27. The van der Waals surface area contributed by atoms with Gasteiger partial charge in [0.1, 0.15) is 5.54 Å². The molecule has 1 rings (SSSR count). The molecule has 2 unspecified atom stereocenters. The van der Waals surface area contributed by atoms with Gasteiger partial charge in [0.25, 0.3) is 0 Å². The van der Waals surface area contributed by atoms with Crippen LogP contribution < -0.4 is 5.73 Å². The Morgan fingerprint density at radius 3 is 2.33 bits per heavy atom. The number of carboxylic acid groups (broad SMARTS) is 1. The first-order valence-electron chi connectivity index (χ1n) is 6.07. The summed E-state index contributed by atoms with van der Waals surface area (Å²) in [5.74, 6) is -0.0907. The Labute approximate surface area is 113 Å². The molecule has 0 spiro atoms. The van der Waals surface area contributed by atoms with Crippen LogP contribution >= 0.6 is 11.8 Å². The number of nitrogens with two attached hydrogens (primary N) is 1. The molecule has 3 N–H and O–H groups in total. The molecule has 0 heterocycles. The fourth-order valence-corrected chi connectivity index (χ4v) is 2.66. The molecule has 0 saturated carbocycles. The smallest absolute Gasteiger partial charge is 0.329 e. The molecule has 0 aliphatic carbocycles. The fourth-order valence-electron chi connectivity index (χ4n) is 1.46. The number of carbonyl (C=O) groups is 1. The third-order valence-corrected chi connectivity index (χ3v) is 4.88. The van der Waals surface area contributed by atoms with E-state index < -0.39 is 11.5 Å². The van der Waals surface area contributed by atoms with Gasteiger partial charge in [-0.1, -0.05) is 51.1 Å².